The number of carbonyl (C=O) groups is 1. The molecule has 1 saturated heterocycles. The molecule has 1 fully saturated rings. The highest BCUT2D eigenvalue weighted by Gasteiger charge is 2.22. The van der Waals surface area contributed by atoms with E-state index in [1.807, 2.05) is 12.1 Å². The van der Waals surface area contributed by atoms with Gasteiger partial charge in [-0.05, 0) is 43.9 Å². The van der Waals surface area contributed by atoms with Crippen LogP contribution >= 0.6 is 15.9 Å². The van der Waals surface area contributed by atoms with Gasteiger partial charge in [0.15, 0.2) is 0 Å². The number of hydrogen-bond acceptors (Lipinski definition) is 2. The van der Waals surface area contributed by atoms with E-state index < -0.39 is 0 Å². The first-order chi connectivity index (χ1) is 9.15. The standard InChI is InChI=1S/C15H20BrNO2/c1-11(10-12-2-4-14(16)5-3-12)17-15(18)13-6-8-19-9-7-13/h2-5,11,13H,6-10H2,1H3,(H,17,18)/t11-/m0/s1. The summed E-state index contributed by atoms with van der Waals surface area (Å²) < 4.78 is 6.36. The third-order valence-electron chi connectivity index (χ3n) is 3.44. The van der Waals surface area contributed by atoms with E-state index in [1.54, 1.807) is 0 Å². The SMILES string of the molecule is C[C@@H](Cc1ccc(Br)cc1)NC(=O)C1CCOCC1. The summed E-state index contributed by atoms with van der Waals surface area (Å²) in [6.07, 6.45) is 2.55. The Bertz CT molecular complexity index is 413. The monoisotopic (exact) mass is 325 g/mol. The van der Waals surface area contributed by atoms with E-state index in [4.69, 9.17) is 4.74 Å². The van der Waals surface area contributed by atoms with Crippen molar-refractivity contribution in [3.63, 3.8) is 0 Å². The number of carbonyl (C=O) groups excluding carboxylic acids is 1. The number of rotatable bonds is 4. The predicted octanol–water partition coefficient (Wildman–Crippen LogP) is 2.92. The van der Waals surface area contributed by atoms with Gasteiger partial charge in [-0.15, -0.1) is 0 Å². The maximum atomic E-state index is 12.1. The van der Waals surface area contributed by atoms with E-state index in [1.165, 1.54) is 5.56 Å². The van der Waals surface area contributed by atoms with Crippen LogP contribution in [-0.2, 0) is 16.0 Å². The van der Waals surface area contributed by atoms with Crippen LogP contribution in [0.15, 0.2) is 28.7 Å². The molecule has 3 nitrogen and oxygen atoms in total. The predicted molar refractivity (Wildman–Crippen MR) is 79.0 cm³/mol. The van der Waals surface area contributed by atoms with Gasteiger partial charge in [-0.3, -0.25) is 4.79 Å². The van der Waals surface area contributed by atoms with Crippen LogP contribution in [-0.4, -0.2) is 25.2 Å². The molecule has 1 aliphatic rings. The maximum absolute atomic E-state index is 12.1. The fourth-order valence-corrected chi connectivity index (χ4v) is 2.61. The molecule has 0 radical (unpaired) electrons. The second kappa shape index (κ2) is 7.06. The van der Waals surface area contributed by atoms with Crippen LogP contribution in [0.25, 0.3) is 0 Å². The maximum Gasteiger partial charge on any atom is 0.223 e. The molecular weight excluding hydrogens is 306 g/mol. The van der Waals surface area contributed by atoms with Crippen LogP contribution in [0.1, 0.15) is 25.3 Å². The summed E-state index contributed by atoms with van der Waals surface area (Å²) in [5, 5.41) is 3.11. The van der Waals surface area contributed by atoms with Crippen molar-refractivity contribution in [3.05, 3.63) is 34.3 Å². The summed E-state index contributed by atoms with van der Waals surface area (Å²) in [5.74, 6) is 0.300. The summed E-state index contributed by atoms with van der Waals surface area (Å²) >= 11 is 3.42. The van der Waals surface area contributed by atoms with Gasteiger partial charge in [0.05, 0.1) is 0 Å². The zero-order valence-electron chi connectivity index (χ0n) is 11.2. The Morgan fingerprint density at radius 1 is 1.37 bits per heavy atom. The van der Waals surface area contributed by atoms with Crippen LogP contribution in [0.4, 0.5) is 0 Å². The van der Waals surface area contributed by atoms with Gasteiger partial charge in [0, 0.05) is 29.6 Å². The molecule has 1 amide bonds. The molecule has 104 valence electrons. The summed E-state index contributed by atoms with van der Waals surface area (Å²) in [5.41, 5.74) is 1.24. The van der Waals surface area contributed by atoms with Gasteiger partial charge in [-0.25, -0.2) is 0 Å². The average Bonchev–Trinajstić information content (AvgIpc) is 2.42. The minimum Gasteiger partial charge on any atom is -0.381 e. The number of halogens is 1. The zero-order chi connectivity index (χ0) is 13.7. The molecule has 0 aromatic heterocycles. The van der Waals surface area contributed by atoms with E-state index in [-0.39, 0.29) is 17.9 Å². The van der Waals surface area contributed by atoms with Crippen molar-refractivity contribution < 1.29 is 9.53 Å². The third kappa shape index (κ3) is 4.62. The summed E-state index contributed by atoms with van der Waals surface area (Å²) in [4.78, 5) is 12.1. The molecule has 0 unspecified atom stereocenters. The molecule has 0 saturated carbocycles. The van der Waals surface area contributed by atoms with Gasteiger partial charge in [-0.1, -0.05) is 28.1 Å². The van der Waals surface area contributed by atoms with E-state index in [0.717, 1.165) is 23.7 Å². The Morgan fingerprint density at radius 3 is 2.63 bits per heavy atom. The smallest absolute Gasteiger partial charge is 0.223 e. The number of benzene rings is 1. The molecule has 1 atom stereocenters. The van der Waals surface area contributed by atoms with Crippen molar-refractivity contribution >= 4 is 21.8 Å². The molecule has 1 aromatic rings. The van der Waals surface area contributed by atoms with E-state index in [2.05, 4.69) is 40.3 Å². The summed E-state index contributed by atoms with van der Waals surface area (Å²) in [6.45, 7) is 3.47. The number of ether oxygens (including phenoxy) is 1. The lowest BCUT2D eigenvalue weighted by atomic mass is 9.98. The Morgan fingerprint density at radius 2 is 2.00 bits per heavy atom. The van der Waals surface area contributed by atoms with Crippen LogP contribution in [0.2, 0.25) is 0 Å². The fraction of sp³-hybridized carbons (Fsp3) is 0.533. The van der Waals surface area contributed by atoms with Crippen LogP contribution < -0.4 is 5.32 Å². The minimum atomic E-state index is 0.126. The molecule has 19 heavy (non-hydrogen) atoms. The van der Waals surface area contributed by atoms with Crippen molar-refractivity contribution in [3.8, 4) is 0 Å². The molecule has 0 spiro atoms. The molecule has 0 bridgehead atoms. The average molecular weight is 326 g/mol. The highest BCUT2D eigenvalue weighted by atomic mass is 79.9. The van der Waals surface area contributed by atoms with E-state index in [0.29, 0.717) is 13.2 Å². The van der Waals surface area contributed by atoms with Gasteiger partial charge in [0.2, 0.25) is 5.91 Å². The summed E-state index contributed by atoms with van der Waals surface area (Å²) in [7, 11) is 0. The lowest BCUT2D eigenvalue weighted by Gasteiger charge is -2.23. The highest BCUT2D eigenvalue weighted by Crippen LogP contribution is 2.16. The van der Waals surface area contributed by atoms with Gasteiger partial charge >= 0.3 is 0 Å². The van der Waals surface area contributed by atoms with E-state index in [9.17, 15) is 4.79 Å². The van der Waals surface area contributed by atoms with Crippen molar-refractivity contribution in [2.24, 2.45) is 5.92 Å². The first kappa shape index (κ1) is 14.5. The van der Waals surface area contributed by atoms with Gasteiger partial charge in [0.1, 0.15) is 0 Å². The van der Waals surface area contributed by atoms with E-state index >= 15 is 0 Å². The van der Waals surface area contributed by atoms with Gasteiger partial charge in [0.25, 0.3) is 0 Å². The fourth-order valence-electron chi connectivity index (χ4n) is 2.35. The normalized spacial score (nSPS) is 18.0. The largest absolute Gasteiger partial charge is 0.381 e. The second-order valence-corrected chi connectivity index (χ2v) is 6.04. The Hall–Kier alpha value is -0.870. The lowest BCUT2D eigenvalue weighted by Crippen LogP contribution is -2.40. The summed E-state index contributed by atoms with van der Waals surface area (Å²) in [6, 6.07) is 8.39. The zero-order valence-corrected chi connectivity index (χ0v) is 12.8. The Labute approximate surface area is 122 Å². The first-order valence-electron chi connectivity index (χ1n) is 6.77. The molecular formula is C15H20BrNO2. The van der Waals surface area contributed by atoms with Crippen LogP contribution in [0.3, 0.4) is 0 Å². The van der Waals surface area contributed by atoms with Gasteiger partial charge < -0.3 is 10.1 Å². The Balaban J connectivity index is 1.81. The molecule has 0 aliphatic carbocycles. The Kier molecular flexibility index (Phi) is 5.40. The highest BCUT2D eigenvalue weighted by molar-refractivity contribution is 9.10. The topological polar surface area (TPSA) is 38.3 Å². The second-order valence-electron chi connectivity index (χ2n) is 5.13. The lowest BCUT2D eigenvalue weighted by molar-refractivity contribution is -0.128. The molecule has 4 heteroatoms. The number of amides is 1. The van der Waals surface area contributed by atoms with Crippen LogP contribution in [0, 0.1) is 5.92 Å². The quantitative estimate of drug-likeness (QED) is 0.924. The molecule has 2 rings (SSSR count). The molecule has 1 heterocycles. The van der Waals surface area contributed by atoms with Crippen molar-refractivity contribution in [1.82, 2.24) is 5.32 Å². The van der Waals surface area contributed by atoms with Crippen molar-refractivity contribution in [1.29, 1.82) is 0 Å². The van der Waals surface area contributed by atoms with Crippen molar-refractivity contribution in [2.75, 3.05) is 13.2 Å². The molecule has 1 aliphatic heterocycles. The molecule has 1 aromatic carbocycles. The third-order valence-corrected chi connectivity index (χ3v) is 3.96. The van der Waals surface area contributed by atoms with Gasteiger partial charge in [-0.2, -0.15) is 0 Å². The van der Waals surface area contributed by atoms with Crippen LogP contribution in [0.5, 0.6) is 0 Å². The first-order valence-corrected chi connectivity index (χ1v) is 7.57. The molecule has 1 N–H and O–H groups in total. The number of hydrogen-bond donors (Lipinski definition) is 1. The number of nitrogens with one attached hydrogen (secondary N) is 1. The van der Waals surface area contributed by atoms with Crippen molar-refractivity contribution in [2.45, 2.75) is 32.2 Å². The minimum absolute atomic E-state index is 0.126.